The minimum Gasteiger partial charge on any atom is -0.508 e. The Morgan fingerprint density at radius 1 is 0.933 bits per heavy atom. The highest BCUT2D eigenvalue weighted by atomic mass is 16.3. The molecule has 1 unspecified atom stereocenters. The summed E-state index contributed by atoms with van der Waals surface area (Å²) in [5, 5.41) is 22.1. The molecule has 0 heterocycles. The number of hydrogen-bond donors (Lipinski definition) is 2. The maximum Gasteiger partial charge on any atom is 0.177 e. The van der Waals surface area contributed by atoms with E-state index in [0.717, 1.165) is 11.1 Å². The summed E-state index contributed by atoms with van der Waals surface area (Å²) in [6.45, 7) is 2.74. The first-order chi connectivity index (χ1) is 14.4. The van der Waals surface area contributed by atoms with Gasteiger partial charge >= 0.3 is 0 Å². The Morgan fingerprint density at radius 2 is 1.63 bits per heavy atom. The molecule has 3 aromatic rings. The topological polar surface area (TPSA) is 90.2 Å². The number of nitrogens with zero attached hydrogens (tertiary/aromatic N) is 2. The van der Waals surface area contributed by atoms with Crippen molar-refractivity contribution in [3.8, 4) is 11.5 Å². The third-order valence-electron chi connectivity index (χ3n) is 5.00. The fraction of sp³-hybridized carbons (Fsp3) is 0.208. The summed E-state index contributed by atoms with van der Waals surface area (Å²) in [5.41, 5.74) is 2.40. The van der Waals surface area contributed by atoms with E-state index in [-0.39, 0.29) is 41.1 Å². The molecule has 3 rings (SSSR count). The van der Waals surface area contributed by atoms with Gasteiger partial charge in [-0.15, -0.1) is 4.91 Å². The third-order valence-corrected chi connectivity index (χ3v) is 5.00. The van der Waals surface area contributed by atoms with Crippen molar-refractivity contribution in [1.82, 2.24) is 4.90 Å². The van der Waals surface area contributed by atoms with E-state index in [9.17, 15) is 19.9 Å². The van der Waals surface area contributed by atoms with Gasteiger partial charge in [0, 0.05) is 24.2 Å². The second-order valence-electron chi connectivity index (χ2n) is 7.36. The molecule has 6 heteroatoms. The van der Waals surface area contributed by atoms with Gasteiger partial charge in [0.2, 0.25) is 0 Å². The van der Waals surface area contributed by atoms with Crippen LogP contribution in [-0.2, 0) is 13.0 Å². The van der Waals surface area contributed by atoms with Gasteiger partial charge in [-0.1, -0.05) is 42.5 Å². The second-order valence-corrected chi connectivity index (χ2v) is 7.36. The number of nitroso groups, excluding NO2 is 1. The monoisotopic (exact) mass is 404 g/mol. The zero-order chi connectivity index (χ0) is 21.5. The van der Waals surface area contributed by atoms with Crippen LogP contribution in [0.5, 0.6) is 11.5 Å². The van der Waals surface area contributed by atoms with Gasteiger partial charge < -0.3 is 10.2 Å². The predicted molar refractivity (Wildman–Crippen MR) is 116 cm³/mol. The van der Waals surface area contributed by atoms with Crippen molar-refractivity contribution in [3.63, 3.8) is 0 Å². The Morgan fingerprint density at radius 3 is 2.30 bits per heavy atom. The number of carbonyl (C=O) groups excluding carboxylic acids is 1. The van der Waals surface area contributed by atoms with Gasteiger partial charge in [0.25, 0.3) is 0 Å². The molecular weight excluding hydrogens is 380 g/mol. The highest BCUT2D eigenvalue weighted by Crippen LogP contribution is 2.23. The summed E-state index contributed by atoms with van der Waals surface area (Å²) in [5.74, 6) is -0.155. The molecule has 154 valence electrons. The maximum absolute atomic E-state index is 12.9. The van der Waals surface area contributed by atoms with Crippen molar-refractivity contribution < 1.29 is 15.0 Å². The number of phenolic OH excluding ortho intramolecular Hbond substituents is 2. The standard InChI is InChI=1S/C24H24N2O4/c1-17(11-18-7-9-22(27)10-8-18)26(15-19-5-3-2-4-6-19)16-24(29)20-12-21(25-30)14-23(28)13-20/h2-10,12-14,17,27-28H,11,15-16H2,1H3. The van der Waals surface area contributed by atoms with Crippen LogP contribution in [0.15, 0.2) is 78.0 Å². The quantitative estimate of drug-likeness (QED) is 0.394. The fourth-order valence-electron chi connectivity index (χ4n) is 3.37. The van der Waals surface area contributed by atoms with Crippen LogP contribution in [0, 0.1) is 4.91 Å². The van der Waals surface area contributed by atoms with Crippen LogP contribution < -0.4 is 0 Å². The summed E-state index contributed by atoms with van der Waals surface area (Å²) in [7, 11) is 0. The van der Waals surface area contributed by atoms with Crippen LogP contribution in [0.25, 0.3) is 0 Å². The number of hydrogen-bond acceptors (Lipinski definition) is 6. The molecule has 0 amide bonds. The molecule has 30 heavy (non-hydrogen) atoms. The number of aromatic hydroxyl groups is 2. The van der Waals surface area contributed by atoms with Gasteiger partial charge in [-0.2, -0.15) is 0 Å². The van der Waals surface area contributed by atoms with E-state index < -0.39 is 0 Å². The molecule has 1 atom stereocenters. The summed E-state index contributed by atoms with van der Waals surface area (Å²) in [4.78, 5) is 25.8. The minimum atomic E-state index is -0.204. The lowest BCUT2D eigenvalue weighted by atomic mass is 10.0. The van der Waals surface area contributed by atoms with Gasteiger partial charge in [0.05, 0.1) is 6.54 Å². The molecule has 3 aromatic carbocycles. The number of Topliss-reactive ketones (excluding diaryl/α,β-unsaturated/α-hetero) is 1. The molecule has 0 aliphatic heterocycles. The van der Waals surface area contributed by atoms with E-state index >= 15 is 0 Å². The van der Waals surface area contributed by atoms with Crippen LogP contribution in [0.1, 0.15) is 28.4 Å². The minimum absolute atomic E-state index is 0.0186. The van der Waals surface area contributed by atoms with E-state index in [0.29, 0.717) is 13.0 Å². The lowest BCUT2D eigenvalue weighted by Crippen LogP contribution is -2.38. The highest BCUT2D eigenvalue weighted by molar-refractivity contribution is 5.98. The maximum atomic E-state index is 12.9. The van der Waals surface area contributed by atoms with Crippen molar-refractivity contribution in [2.45, 2.75) is 25.9 Å². The molecule has 2 N–H and O–H groups in total. The third kappa shape index (κ3) is 5.75. The molecule has 0 aliphatic rings. The zero-order valence-corrected chi connectivity index (χ0v) is 16.7. The van der Waals surface area contributed by atoms with Crippen molar-refractivity contribution in [3.05, 3.63) is 94.4 Å². The van der Waals surface area contributed by atoms with E-state index in [1.54, 1.807) is 12.1 Å². The first kappa shape index (κ1) is 21.2. The van der Waals surface area contributed by atoms with E-state index in [1.807, 2.05) is 49.4 Å². The van der Waals surface area contributed by atoms with Gasteiger partial charge in [-0.05, 0) is 53.9 Å². The Hall–Kier alpha value is -3.51. The van der Waals surface area contributed by atoms with Crippen LogP contribution in [-0.4, -0.2) is 33.5 Å². The van der Waals surface area contributed by atoms with Crippen LogP contribution in [0.4, 0.5) is 5.69 Å². The Balaban J connectivity index is 1.81. The van der Waals surface area contributed by atoms with Crippen molar-refractivity contribution in [1.29, 1.82) is 0 Å². The van der Waals surface area contributed by atoms with Crippen LogP contribution in [0.2, 0.25) is 0 Å². The summed E-state index contributed by atoms with van der Waals surface area (Å²) in [6.07, 6.45) is 0.696. The van der Waals surface area contributed by atoms with Crippen molar-refractivity contribution >= 4 is 11.5 Å². The van der Waals surface area contributed by atoms with Gasteiger partial charge in [0.1, 0.15) is 17.2 Å². The molecule has 6 nitrogen and oxygen atoms in total. The number of phenols is 2. The first-order valence-corrected chi connectivity index (χ1v) is 9.71. The lowest BCUT2D eigenvalue weighted by Gasteiger charge is -2.29. The first-order valence-electron chi connectivity index (χ1n) is 9.71. The molecule has 0 fully saturated rings. The Bertz CT molecular complexity index is 1000. The van der Waals surface area contributed by atoms with Gasteiger partial charge in [-0.3, -0.25) is 9.69 Å². The number of benzene rings is 3. The summed E-state index contributed by atoms with van der Waals surface area (Å²) in [6, 6.07) is 20.9. The van der Waals surface area contributed by atoms with Gasteiger partial charge in [0.15, 0.2) is 5.78 Å². The largest absolute Gasteiger partial charge is 0.508 e. The van der Waals surface area contributed by atoms with Crippen molar-refractivity contribution in [2.75, 3.05) is 6.54 Å². The van der Waals surface area contributed by atoms with Crippen LogP contribution >= 0.6 is 0 Å². The lowest BCUT2D eigenvalue weighted by molar-refractivity contribution is 0.0889. The second kappa shape index (κ2) is 9.80. The molecule has 0 spiro atoms. The Kier molecular flexibility index (Phi) is 6.93. The fourth-order valence-corrected chi connectivity index (χ4v) is 3.37. The highest BCUT2D eigenvalue weighted by Gasteiger charge is 2.20. The van der Waals surface area contributed by atoms with Gasteiger partial charge in [-0.25, -0.2) is 0 Å². The summed E-state index contributed by atoms with van der Waals surface area (Å²) >= 11 is 0. The van der Waals surface area contributed by atoms with E-state index in [1.165, 1.54) is 18.2 Å². The number of carbonyl (C=O) groups is 1. The predicted octanol–water partition coefficient (Wildman–Crippen LogP) is 4.81. The average molecular weight is 404 g/mol. The number of ketones is 1. The normalized spacial score (nSPS) is 11.9. The molecule has 0 radical (unpaired) electrons. The van der Waals surface area contributed by atoms with E-state index in [4.69, 9.17) is 0 Å². The summed E-state index contributed by atoms with van der Waals surface area (Å²) < 4.78 is 0. The number of rotatable bonds is 9. The van der Waals surface area contributed by atoms with Crippen molar-refractivity contribution in [2.24, 2.45) is 5.18 Å². The molecule has 0 saturated carbocycles. The SMILES string of the molecule is CC(Cc1ccc(O)cc1)N(CC(=O)c1cc(O)cc(N=O)c1)Cc1ccccc1. The Labute approximate surface area is 175 Å². The zero-order valence-electron chi connectivity index (χ0n) is 16.7. The molecule has 0 bridgehead atoms. The van der Waals surface area contributed by atoms with E-state index in [2.05, 4.69) is 10.1 Å². The smallest absolute Gasteiger partial charge is 0.177 e. The molecule has 0 saturated heterocycles. The average Bonchev–Trinajstić information content (AvgIpc) is 2.75. The molecule has 0 aromatic heterocycles. The molecule has 0 aliphatic carbocycles. The van der Waals surface area contributed by atoms with Crippen LogP contribution in [0.3, 0.4) is 0 Å². The molecular formula is C24H24N2O4.